The monoisotopic (exact) mass is 212 g/mol. The second-order valence-electron chi connectivity index (χ2n) is 2.74. The van der Waals surface area contributed by atoms with Gasteiger partial charge in [-0.25, -0.2) is 4.39 Å². The molecule has 0 fully saturated rings. The first kappa shape index (κ1) is 11.2. The van der Waals surface area contributed by atoms with Crippen molar-refractivity contribution in [2.45, 2.75) is 13.8 Å². The van der Waals surface area contributed by atoms with Gasteiger partial charge in [-0.05, 0) is 0 Å². The topological polar surface area (TPSA) is 76.7 Å². The van der Waals surface area contributed by atoms with Crippen molar-refractivity contribution >= 4 is 17.0 Å². The predicted octanol–water partition coefficient (Wildman–Crippen LogP) is 1.01. The third-order valence-electron chi connectivity index (χ3n) is 1.80. The normalized spacial score (nSPS) is 9.87. The second-order valence-corrected chi connectivity index (χ2v) is 2.74. The SMILES string of the molecule is CC.Cn1cc(F)c2c(=O)[nH]c(N)nc21. The summed E-state index contributed by atoms with van der Waals surface area (Å²) in [6.45, 7) is 4.00. The Labute approximate surface area is 85.7 Å². The summed E-state index contributed by atoms with van der Waals surface area (Å²) < 4.78 is 14.5. The van der Waals surface area contributed by atoms with Crippen molar-refractivity contribution < 1.29 is 4.39 Å². The molecule has 6 heteroatoms. The Kier molecular flexibility index (Phi) is 3.08. The largest absolute Gasteiger partial charge is 0.369 e. The highest BCUT2D eigenvalue weighted by atomic mass is 19.1. The van der Waals surface area contributed by atoms with Gasteiger partial charge in [-0.15, -0.1) is 0 Å². The average molecular weight is 212 g/mol. The molecule has 0 aliphatic heterocycles. The van der Waals surface area contributed by atoms with Crippen molar-refractivity contribution in [1.82, 2.24) is 14.5 Å². The quantitative estimate of drug-likeness (QED) is 0.684. The first-order valence-electron chi connectivity index (χ1n) is 4.60. The van der Waals surface area contributed by atoms with E-state index in [0.717, 1.165) is 0 Å². The first-order valence-corrected chi connectivity index (χ1v) is 4.60. The summed E-state index contributed by atoms with van der Waals surface area (Å²) in [5.41, 5.74) is 4.99. The molecule has 2 aromatic rings. The Morgan fingerprint density at radius 3 is 2.73 bits per heavy atom. The standard InChI is InChI=1S/C7H7FN4O.C2H6/c1-12-2-3(8)4-5(12)10-7(9)11-6(4)13;1-2/h2H,1H3,(H3,9,10,11,13);1-2H3. The van der Waals surface area contributed by atoms with Crippen LogP contribution in [0.25, 0.3) is 11.0 Å². The molecule has 82 valence electrons. The Morgan fingerprint density at radius 1 is 1.53 bits per heavy atom. The van der Waals surface area contributed by atoms with Gasteiger partial charge in [0.15, 0.2) is 11.5 Å². The number of fused-ring (bicyclic) bond motifs is 1. The van der Waals surface area contributed by atoms with Crippen molar-refractivity contribution in [1.29, 1.82) is 0 Å². The molecule has 15 heavy (non-hydrogen) atoms. The molecule has 2 heterocycles. The van der Waals surface area contributed by atoms with E-state index in [9.17, 15) is 9.18 Å². The van der Waals surface area contributed by atoms with Crippen LogP contribution in [0.2, 0.25) is 0 Å². The van der Waals surface area contributed by atoms with Gasteiger partial charge in [0, 0.05) is 13.2 Å². The van der Waals surface area contributed by atoms with Gasteiger partial charge in [0.2, 0.25) is 5.95 Å². The molecule has 2 aromatic heterocycles. The lowest BCUT2D eigenvalue weighted by Gasteiger charge is -1.95. The molecule has 3 N–H and O–H groups in total. The average Bonchev–Trinajstić information content (AvgIpc) is 2.45. The number of aromatic nitrogens is 3. The number of nitrogens with one attached hydrogen (secondary N) is 1. The summed E-state index contributed by atoms with van der Waals surface area (Å²) in [4.78, 5) is 17.2. The maximum absolute atomic E-state index is 13.1. The van der Waals surface area contributed by atoms with Crippen LogP contribution in [0.5, 0.6) is 0 Å². The van der Waals surface area contributed by atoms with Gasteiger partial charge in [0.05, 0.1) is 0 Å². The maximum atomic E-state index is 13.1. The summed E-state index contributed by atoms with van der Waals surface area (Å²) in [6.07, 6.45) is 1.19. The van der Waals surface area contributed by atoms with Crippen molar-refractivity contribution in [2.75, 3.05) is 5.73 Å². The number of halogens is 1. The van der Waals surface area contributed by atoms with Gasteiger partial charge in [-0.3, -0.25) is 9.78 Å². The van der Waals surface area contributed by atoms with E-state index in [1.54, 1.807) is 7.05 Å². The fourth-order valence-electron chi connectivity index (χ4n) is 1.24. The summed E-state index contributed by atoms with van der Waals surface area (Å²) in [6, 6.07) is 0. The molecule has 0 aromatic carbocycles. The highest BCUT2D eigenvalue weighted by Gasteiger charge is 2.11. The number of nitrogen functional groups attached to an aromatic ring is 1. The molecule has 0 saturated carbocycles. The number of hydrogen-bond acceptors (Lipinski definition) is 3. The van der Waals surface area contributed by atoms with Crippen molar-refractivity contribution in [3.8, 4) is 0 Å². The number of nitrogens with zero attached hydrogens (tertiary/aromatic N) is 2. The highest BCUT2D eigenvalue weighted by molar-refractivity contribution is 5.76. The number of anilines is 1. The van der Waals surface area contributed by atoms with E-state index in [0.29, 0.717) is 0 Å². The van der Waals surface area contributed by atoms with Crippen LogP contribution in [-0.2, 0) is 7.05 Å². The molecule has 0 atom stereocenters. The number of rotatable bonds is 0. The summed E-state index contributed by atoms with van der Waals surface area (Å²) in [5.74, 6) is -0.607. The van der Waals surface area contributed by atoms with E-state index in [1.165, 1.54) is 10.8 Å². The Hall–Kier alpha value is -1.85. The zero-order valence-corrected chi connectivity index (χ0v) is 8.84. The highest BCUT2D eigenvalue weighted by Crippen LogP contribution is 2.12. The van der Waals surface area contributed by atoms with Crippen LogP contribution >= 0.6 is 0 Å². The van der Waals surface area contributed by atoms with Gasteiger partial charge < -0.3 is 10.3 Å². The van der Waals surface area contributed by atoms with Crippen LogP contribution in [0, 0.1) is 5.82 Å². The molecule has 5 nitrogen and oxygen atoms in total. The molecule has 0 saturated heterocycles. The lowest BCUT2D eigenvalue weighted by Crippen LogP contribution is -2.11. The molecule has 0 amide bonds. The number of H-pyrrole nitrogens is 1. The number of aryl methyl sites for hydroxylation is 1. The van der Waals surface area contributed by atoms with Crippen LogP contribution in [-0.4, -0.2) is 14.5 Å². The Morgan fingerprint density at radius 2 is 2.13 bits per heavy atom. The molecule has 0 aliphatic rings. The minimum absolute atomic E-state index is 0.0151. The molecular formula is C9H13FN4O. The third-order valence-corrected chi connectivity index (χ3v) is 1.80. The minimum atomic E-state index is -0.591. The van der Waals surface area contributed by atoms with E-state index >= 15 is 0 Å². The molecule has 0 aliphatic carbocycles. The molecule has 0 radical (unpaired) electrons. The van der Waals surface area contributed by atoms with Crippen LogP contribution in [0.15, 0.2) is 11.0 Å². The third kappa shape index (κ3) is 1.83. The number of aromatic amines is 1. The Bertz CT molecular complexity index is 529. The minimum Gasteiger partial charge on any atom is -0.369 e. The van der Waals surface area contributed by atoms with E-state index in [4.69, 9.17) is 5.73 Å². The van der Waals surface area contributed by atoms with E-state index < -0.39 is 11.4 Å². The predicted molar refractivity (Wildman–Crippen MR) is 57.1 cm³/mol. The number of nitrogens with two attached hydrogens (primary N) is 1. The molecule has 0 spiro atoms. The summed E-state index contributed by atoms with van der Waals surface area (Å²) >= 11 is 0. The van der Waals surface area contributed by atoms with Crippen molar-refractivity contribution in [3.63, 3.8) is 0 Å². The zero-order valence-electron chi connectivity index (χ0n) is 8.84. The van der Waals surface area contributed by atoms with Gasteiger partial charge >= 0.3 is 0 Å². The van der Waals surface area contributed by atoms with E-state index in [1.807, 2.05) is 13.8 Å². The van der Waals surface area contributed by atoms with Gasteiger partial charge in [-0.1, -0.05) is 13.8 Å². The van der Waals surface area contributed by atoms with Crippen LogP contribution in [0.3, 0.4) is 0 Å². The maximum Gasteiger partial charge on any atom is 0.264 e. The van der Waals surface area contributed by atoms with Gasteiger partial charge in [0.1, 0.15) is 5.39 Å². The summed E-state index contributed by atoms with van der Waals surface area (Å²) in [5, 5.41) is -0.0586. The van der Waals surface area contributed by atoms with Gasteiger partial charge in [0.25, 0.3) is 5.56 Å². The molecule has 0 unspecified atom stereocenters. The fourth-order valence-corrected chi connectivity index (χ4v) is 1.24. The Balaban J connectivity index is 0.000000531. The van der Waals surface area contributed by atoms with Crippen LogP contribution < -0.4 is 11.3 Å². The van der Waals surface area contributed by atoms with Gasteiger partial charge in [-0.2, -0.15) is 4.98 Å². The smallest absolute Gasteiger partial charge is 0.264 e. The lowest BCUT2D eigenvalue weighted by atomic mass is 10.4. The first-order chi connectivity index (χ1) is 7.09. The number of hydrogen-bond donors (Lipinski definition) is 2. The molecule has 0 bridgehead atoms. The van der Waals surface area contributed by atoms with Crippen molar-refractivity contribution in [3.05, 3.63) is 22.4 Å². The van der Waals surface area contributed by atoms with Crippen LogP contribution in [0.4, 0.5) is 10.3 Å². The van der Waals surface area contributed by atoms with Crippen molar-refractivity contribution in [2.24, 2.45) is 7.05 Å². The van der Waals surface area contributed by atoms with E-state index in [2.05, 4.69) is 9.97 Å². The molecule has 2 rings (SSSR count). The second kappa shape index (κ2) is 4.12. The lowest BCUT2D eigenvalue weighted by molar-refractivity contribution is 0.632. The van der Waals surface area contributed by atoms with E-state index in [-0.39, 0.29) is 17.0 Å². The summed E-state index contributed by atoms with van der Waals surface area (Å²) in [7, 11) is 1.59. The zero-order chi connectivity index (χ0) is 11.6. The van der Waals surface area contributed by atoms with Crippen LogP contribution in [0.1, 0.15) is 13.8 Å². The fraction of sp³-hybridized carbons (Fsp3) is 0.333. The molecular weight excluding hydrogens is 199 g/mol.